The number of hydrogen-bond acceptors (Lipinski definition) is 2. The first kappa shape index (κ1) is 12.4. The van der Waals surface area contributed by atoms with Gasteiger partial charge in [-0.15, -0.1) is 0 Å². The van der Waals surface area contributed by atoms with Crippen molar-refractivity contribution in [2.75, 3.05) is 13.7 Å². The second-order valence-electron chi connectivity index (χ2n) is 5.11. The quantitative estimate of drug-likeness (QED) is 0.871. The summed E-state index contributed by atoms with van der Waals surface area (Å²) in [4.78, 5) is 0. The molecule has 0 fully saturated rings. The van der Waals surface area contributed by atoms with Crippen molar-refractivity contribution in [2.24, 2.45) is 5.73 Å². The molecular weight excluding hydrogens is 210 g/mol. The minimum absolute atomic E-state index is 0.386. The van der Waals surface area contributed by atoms with Crippen LogP contribution in [0.1, 0.15) is 47.9 Å². The molecule has 1 atom stereocenters. The summed E-state index contributed by atoms with van der Waals surface area (Å²) in [5.74, 6) is 1.42. The molecular formula is C15H23NO. The van der Waals surface area contributed by atoms with Crippen LogP contribution in [0.5, 0.6) is 5.75 Å². The van der Waals surface area contributed by atoms with E-state index >= 15 is 0 Å². The molecule has 1 aliphatic carbocycles. The lowest BCUT2D eigenvalue weighted by Gasteiger charge is -2.26. The molecule has 0 amide bonds. The Hall–Kier alpha value is -1.02. The zero-order valence-electron chi connectivity index (χ0n) is 11.2. The van der Waals surface area contributed by atoms with Gasteiger partial charge in [0.2, 0.25) is 0 Å². The van der Waals surface area contributed by atoms with E-state index in [0.29, 0.717) is 12.5 Å². The summed E-state index contributed by atoms with van der Waals surface area (Å²) in [6.07, 6.45) is 5.02. The predicted molar refractivity (Wildman–Crippen MR) is 71.8 cm³/mol. The van der Waals surface area contributed by atoms with Gasteiger partial charge in [-0.25, -0.2) is 0 Å². The molecule has 1 aromatic carbocycles. The first-order valence-corrected chi connectivity index (χ1v) is 6.58. The SMILES string of the molecule is COc1cc(C)c2c(c1C(C)CN)CCCC2. The van der Waals surface area contributed by atoms with Gasteiger partial charge in [0.05, 0.1) is 7.11 Å². The van der Waals surface area contributed by atoms with Gasteiger partial charge < -0.3 is 10.5 Å². The number of nitrogens with two attached hydrogens (primary N) is 1. The first-order chi connectivity index (χ1) is 8.19. The molecule has 17 heavy (non-hydrogen) atoms. The summed E-state index contributed by atoms with van der Waals surface area (Å²) in [6, 6.07) is 2.19. The molecule has 0 bridgehead atoms. The molecule has 2 N–H and O–H groups in total. The first-order valence-electron chi connectivity index (χ1n) is 6.58. The van der Waals surface area contributed by atoms with Crippen molar-refractivity contribution in [1.82, 2.24) is 0 Å². The zero-order valence-corrected chi connectivity index (χ0v) is 11.2. The Labute approximate surface area is 104 Å². The minimum atomic E-state index is 0.386. The fraction of sp³-hybridized carbons (Fsp3) is 0.600. The van der Waals surface area contributed by atoms with Crippen LogP contribution in [0, 0.1) is 6.92 Å². The number of ether oxygens (including phenoxy) is 1. The topological polar surface area (TPSA) is 35.2 Å². The number of benzene rings is 1. The van der Waals surface area contributed by atoms with E-state index in [1.807, 2.05) is 0 Å². The van der Waals surface area contributed by atoms with Crippen molar-refractivity contribution < 1.29 is 4.74 Å². The highest BCUT2D eigenvalue weighted by atomic mass is 16.5. The molecule has 1 unspecified atom stereocenters. The standard InChI is InChI=1S/C15H23NO/c1-10-8-14(17-3)15(11(2)9-16)13-7-5-4-6-12(10)13/h8,11H,4-7,9,16H2,1-3H3. The molecule has 0 radical (unpaired) electrons. The van der Waals surface area contributed by atoms with Crippen LogP contribution in [0.3, 0.4) is 0 Å². The molecule has 0 spiro atoms. The zero-order chi connectivity index (χ0) is 12.4. The van der Waals surface area contributed by atoms with E-state index in [1.54, 1.807) is 12.7 Å². The third-order valence-corrected chi connectivity index (χ3v) is 3.95. The van der Waals surface area contributed by atoms with E-state index in [-0.39, 0.29) is 0 Å². The maximum Gasteiger partial charge on any atom is 0.122 e. The summed E-state index contributed by atoms with van der Waals surface area (Å²) in [5, 5.41) is 0. The van der Waals surface area contributed by atoms with Crippen LogP contribution in [0.4, 0.5) is 0 Å². The Morgan fingerprint density at radius 2 is 1.94 bits per heavy atom. The van der Waals surface area contributed by atoms with Gasteiger partial charge in [-0.2, -0.15) is 0 Å². The molecule has 2 rings (SSSR count). The van der Waals surface area contributed by atoms with Crippen LogP contribution < -0.4 is 10.5 Å². The Bertz CT molecular complexity index is 412. The maximum atomic E-state index is 5.84. The van der Waals surface area contributed by atoms with E-state index < -0.39 is 0 Å². The normalized spacial score (nSPS) is 16.5. The second-order valence-corrected chi connectivity index (χ2v) is 5.11. The number of methoxy groups -OCH3 is 1. The third kappa shape index (κ3) is 2.19. The lowest BCUT2D eigenvalue weighted by atomic mass is 9.81. The Balaban J connectivity index is 2.60. The van der Waals surface area contributed by atoms with Crippen molar-refractivity contribution in [3.05, 3.63) is 28.3 Å². The van der Waals surface area contributed by atoms with Gasteiger partial charge in [0.15, 0.2) is 0 Å². The highest BCUT2D eigenvalue weighted by molar-refractivity contribution is 5.52. The smallest absolute Gasteiger partial charge is 0.122 e. The summed E-state index contributed by atoms with van der Waals surface area (Å²) in [7, 11) is 1.76. The molecule has 1 aromatic rings. The molecule has 0 aliphatic heterocycles. The monoisotopic (exact) mass is 233 g/mol. The van der Waals surface area contributed by atoms with Gasteiger partial charge in [0.1, 0.15) is 5.75 Å². The van der Waals surface area contributed by atoms with E-state index in [9.17, 15) is 0 Å². The Morgan fingerprint density at radius 1 is 1.29 bits per heavy atom. The molecule has 94 valence electrons. The van der Waals surface area contributed by atoms with E-state index in [2.05, 4.69) is 19.9 Å². The van der Waals surface area contributed by atoms with Crippen molar-refractivity contribution in [2.45, 2.75) is 45.4 Å². The van der Waals surface area contributed by atoms with Crippen molar-refractivity contribution in [3.8, 4) is 5.75 Å². The van der Waals surface area contributed by atoms with Gasteiger partial charge in [-0.3, -0.25) is 0 Å². The van der Waals surface area contributed by atoms with Gasteiger partial charge in [0.25, 0.3) is 0 Å². The van der Waals surface area contributed by atoms with Gasteiger partial charge >= 0.3 is 0 Å². The maximum absolute atomic E-state index is 5.84. The van der Waals surface area contributed by atoms with Gasteiger partial charge in [-0.1, -0.05) is 6.92 Å². The summed E-state index contributed by atoms with van der Waals surface area (Å²) < 4.78 is 5.56. The average molecular weight is 233 g/mol. The molecule has 1 aliphatic rings. The van der Waals surface area contributed by atoms with Crippen LogP contribution in [0.2, 0.25) is 0 Å². The highest BCUT2D eigenvalue weighted by Crippen LogP contribution is 2.37. The largest absolute Gasteiger partial charge is 0.496 e. The molecule has 0 saturated heterocycles. The number of rotatable bonds is 3. The van der Waals surface area contributed by atoms with Crippen molar-refractivity contribution >= 4 is 0 Å². The molecule has 2 nitrogen and oxygen atoms in total. The summed E-state index contributed by atoms with van der Waals surface area (Å²) in [5.41, 5.74) is 11.6. The Morgan fingerprint density at radius 3 is 2.53 bits per heavy atom. The number of hydrogen-bond donors (Lipinski definition) is 1. The highest BCUT2D eigenvalue weighted by Gasteiger charge is 2.22. The van der Waals surface area contributed by atoms with Crippen LogP contribution in [-0.4, -0.2) is 13.7 Å². The predicted octanol–water partition coefficient (Wildman–Crippen LogP) is 2.94. The molecule has 0 saturated carbocycles. The van der Waals surface area contributed by atoms with Gasteiger partial charge in [-0.05, 0) is 67.8 Å². The second kappa shape index (κ2) is 5.09. The van der Waals surface area contributed by atoms with Crippen LogP contribution in [-0.2, 0) is 12.8 Å². The summed E-state index contributed by atoms with van der Waals surface area (Å²) in [6.45, 7) is 5.08. The lowest BCUT2D eigenvalue weighted by Crippen LogP contribution is -2.16. The molecule has 2 heteroatoms. The van der Waals surface area contributed by atoms with Crippen LogP contribution >= 0.6 is 0 Å². The fourth-order valence-corrected chi connectivity index (χ4v) is 2.97. The van der Waals surface area contributed by atoms with Crippen LogP contribution in [0.15, 0.2) is 6.07 Å². The average Bonchev–Trinajstić information content (AvgIpc) is 2.37. The Kier molecular flexibility index (Phi) is 3.72. The molecule has 0 aromatic heterocycles. The third-order valence-electron chi connectivity index (χ3n) is 3.95. The van der Waals surface area contributed by atoms with E-state index in [0.717, 1.165) is 5.75 Å². The van der Waals surface area contributed by atoms with E-state index in [1.165, 1.54) is 42.4 Å². The van der Waals surface area contributed by atoms with E-state index in [4.69, 9.17) is 10.5 Å². The van der Waals surface area contributed by atoms with Crippen molar-refractivity contribution in [3.63, 3.8) is 0 Å². The van der Waals surface area contributed by atoms with Crippen LogP contribution in [0.25, 0.3) is 0 Å². The lowest BCUT2D eigenvalue weighted by molar-refractivity contribution is 0.404. The molecule has 0 heterocycles. The number of fused-ring (bicyclic) bond motifs is 1. The fourth-order valence-electron chi connectivity index (χ4n) is 2.97. The van der Waals surface area contributed by atoms with Crippen molar-refractivity contribution in [1.29, 1.82) is 0 Å². The van der Waals surface area contributed by atoms with Gasteiger partial charge in [0, 0.05) is 5.56 Å². The summed E-state index contributed by atoms with van der Waals surface area (Å²) >= 11 is 0. The minimum Gasteiger partial charge on any atom is -0.496 e. The number of aryl methyl sites for hydroxylation is 1.